The number of hydrogen-bond donors (Lipinski definition) is 1. The molecule has 3 nitrogen and oxygen atoms in total. The molecule has 0 radical (unpaired) electrons. The highest BCUT2D eigenvalue weighted by atomic mass is 16.1. The van der Waals surface area contributed by atoms with Gasteiger partial charge >= 0.3 is 0 Å². The molecule has 0 aromatic heterocycles. The van der Waals surface area contributed by atoms with Gasteiger partial charge in [0.15, 0.2) is 0 Å². The molecule has 0 saturated heterocycles. The van der Waals surface area contributed by atoms with Gasteiger partial charge in [-0.1, -0.05) is 36.3 Å². The molecule has 0 bridgehead atoms. The van der Waals surface area contributed by atoms with Gasteiger partial charge in [0.2, 0.25) is 5.91 Å². The van der Waals surface area contributed by atoms with Crippen molar-refractivity contribution >= 4 is 11.5 Å². The molecule has 1 N–H and O–H groups in total. The maximum atomic E-state index is 10.3. The number of likely N-dealkylation sites (N-methyl/N-ethyl adjacent to an activating group) is 1. The predicted molar refractivity (Wildman–Crippen MR) is 99.6 cm³/mol. The number of nitrogens with one attached hydrogen (secondary N) is 1. The highest BCUT2D eigenvalue weighted by Gasteiger charge is 2.16. The van der Waals surface area contributed by atoms with Gasteiger partial charge in [0.05, 0.1) is 0 Å². The number of carbonyl (C=O) groups excluding carboxylic acids is 1. The van der Waals surface area contributed by atoms with Gasteiger partial charge in [-0.15, -0.1) is 0 Å². The monoisotopic (exact) mass is 316 g/mol. The normalized spacial score (nSPS) is 15.0. The summed E-state index contributed by atoms with van der Waals surface area (Å²) in [6.07, 6.45) is 2.79. The Morgan fingerprint density at radius 3 is 2.52 bits per heavy atom. The molecule has 1 amide bonds. The summed E-state index contributed by atoms with van der Waals surface area (Å²) in [7, 11) is 3.86. The van der Waals surface area contributed by atoms with Crippen LogP contribution < -0.4 is 5.32 Å². The van der Waals surface area contributed by atoms with Crippen LogP contribution >= 0.6 is 0 Å². The first-order valence-corrected chi connectivity index (χ1v) is 8.54. The molecular weight excluding hydrogens is 284 g/mol. The van der Waals surface area contributed by atoms with Crippen LogP contribution in [0.25, 0.3) is 5.57 Å². The Morgan fingerprint density at radius 2 is 1.96 bits per heavy atom. The maximum absolute atomic E-state index is 10.3. The third-order valence-electron chi connectivity index (χ3n) is 4.29. The molecule has 0 spiro atoms. The maximum Gasteiger partial charge on any atom is 0.219 e. The summed E-state index contributed by atoms with van der Waals surface area (Å²) < 4.78 is 0. The topological polar surface area (TPSA) is 32.3 Å². The van der Waals surface area contributed by atoms with Gasteiger partial charge in [-0.3, -0.25) is 4.79 Å². The van der Waals surface area contributed by atoms with Gasteiger partial charge < -0.3 is 10.2 Å². The summed E-state index contributed by atoms with van der Waals surface area (Å²) in [4.78, 5) is 12.7. The molecule has 1 aromatic rings. The summed E-state index contributed by atoms with van der Waals surface area (Å²) >= 11 is 0. The van der Waals surface area contributed by atoms with Crippen molar-refractivity contribution in [2.75, 3.05) is 27.2 Å². The van der Waals surface area contributed by atoms with E-state index in [1.807, 2.05) is 6.92 Å². The Kier molecular flexibility index (Phi) is 8.04. The molecule has 0 atom stereocenters. The smallest absolute Gasteiger partial charge is 0.219 e. The Morgan fingerprint density at radius 1 is 1.26 bits per heavy atom. The van der Waals surface area contributed by atoms with Gasteiger partial charge in [0, 0.05) is 26.6 Å². The van der Waals surface area contributed by atoms with E-state index in [-0.39, 0.29) is 5.91 Å². The highest BCUT2D eigenvalue weighted by Crippen LogP contribution is 2.28. The summed E-state index contributed by atoms with van der Waals surface area (Å²) in [5.41, 5.74) is 7.30. The first-order chi connectivity index (χ1) is 10.9. The van der Waals surface area contributed by atoms with Gasteiger partial charge in [-0.05, 0) is 57.4 Å². The van der Waals surface area contributed by atoms with E-state index in [0.29, 0.717) is 6.42 Å². The molecular formula is C20H32N2O. The molecule has 1 aliphatic rings. The molecule has 1 aliphatic heterocycles. The van der Waals surface area contributed by atoms with E-state index in [1.54, 1.807) is 12.6 Å². The number of aryl methyl sites for hydroxylation is 2. The minimum atomic E-state index is 0.127. The van der Waals surface area contributed by atoms with Crippen molar-refractivity contribution in [1.29, 1.82) is 0 Å². The van der Waals surface area contributed by atoms with Crippen LogP contribution in [0.2, 0.25) is 0 Å². The van der Waals surface area contributed by atoms with Crippen molar-refractivity contribution in [2.45, 2.75) is 47.0 Å². The second kappa shape index (κ2) is 9.51. The van der Waals surface area contributed by atoms with Crippen LogP contribution in [0.5, 0.6) is 0 Å². The number of nitrogens with zero attached hydrogens (tertiary/aromatic N) is 1. The van der Waals surface area contributed by atoms with Crippen molar-refractivity contribution in [3.63, 3.8) is 0 Å². The summed E-state index contributed by atoms with van der Waals surface area (Å²) in [6.45, 7) is 10.9. The quantitative estimate of drug-likeness (QED) is 0.916. The van der Waals surface area contributed by atoms with Crippen molar-refractivity contribution in [1.82, 2.24) is 10.2 Å². The van der Waals surface area contributed by atoms with Crippen molar-refractivity contribution in [3.05, 3.63) is 40.5 Å². The zero-order chi connectivity index (χ0) is 17.4. The van der Waals surface area contributed by atoms with Gasteiger partial charge in [-0.2, -0.15) is 0 Å². The standard InChI is InChI=1S/C15H21N.C5H11NO/c1-11-5-6-12(2)14(9-11)15-10-16(4)8-7-13(15)3;1-3-4-5(7)6-2/h5-6,9H,7-8,10H2,1-4H3;3-4H2,1-2H3,(H,6,7). The zero-order valence-electron chi connectivity index (χ0n) is 15.6. The fourth-order valence-corrected chi connectivity index (χ4v) is 2.72. The lowest BCUT2D eigenvalue weighted by Gasteiger charge is -2.27. The minimum Gasteiger partial charge on any atom is -0.359 e. The summed E-state index contributed by atoms with van der Waals surface area (Å²) in [6, 6.07) is 6.76. The number of carbonyl (C=O) groups is 1. The molecule has 0 saturated carbocycles. The molecule has 0 fully saturated rings. The van der Waals surface area contributed by atoms with Crippen LogP contribution in [0.1, 0.15) is 49.8 Å². The number of rotatable bonds is 3. The van der Waals surface area contributed by atoms with Crippen molar-refractivity contribution in [3.8, 4) is 0 Å². The van der Waals surface area contributed by atoms with E-state index in [2.05, 4.69) is 56.2 Å². The fourth-order valence-electron chi connectivity index (χ4n) is 2.72. The Labute approximate surface area is 141 Å². The Hall–Kier alpha value is -1.61. The molecule has 1 aromatic carbocycles. The average molecular weight is 316 g/mol. The first kappa shape index (κ1) is 19.4. The second-order valence-electron chi connectivity index (χ2n) is 6.49. The molecule has 0 aliphatic carbocycles. The minimum absolute atomic E-state index is 0.127. The summed E-state index contributed by atoms with van der Waals surface area (Å²) in [5.74, 6) is 0.127. The van der Waals surface area contributed by atoms with Crippen LogP contribution in [0.15, 0.2) is 23.8 Å². The van der Waals surface area contributed by atoms with Crippen LogP contribution in [0.3, 0.4) is 0 Å². The van der Waals surface area contributed by atoms with Crippen molar-refractivity contribution < 1.29 is 4.79 Å². The second-order valence-corrected chi connectivity index (χ2v) is 6.49. The first-order valence-electron chi connectivity index (χ1n) is 8.54. The van der Waals surface area contributed by atoms with Crippen LogP contribution in [-0.4, -0.2) is 38.0 Å². The molecule has 0 unspecified atom stereocenters. The van der Waals surface area contributed by atoms with Crippen LogP contribution in [0.4, 0.5) is 0 Å². The predicted octanol–water partition coefficient (Wildman–Crippen LogP) is 3.94. The largest absolute Gasteiger partial charge is 0.359 e. The van der Waals surface area contributed by atoms with E-state index in [4.69, 9.17) is 0 Å². The molecule has 2 rings (SSSR count). The summed E-state index contributed by atoms with van der Waals surface area (Å²) in [5, 5.41) is 2.53. The van der Waals surface area contributed by atoms with Crippen LogP contribution in [0, 0.1) is 13.8 Å². The SMILES string of the molecule is CC1=C(c2cc(C)ccc2C)CN(C)CC1.CCCC(=O)NC. The lowest BCUT2D eigenvalue weighted by atomic mass is 9.91. The van der Waals surface area contributed by atoms with Gasteiger partial charge in [0.1, 0.15) is 0 Å². The third-order valence-corrected chi connectivity index (χ3v) is 4.29. The Balaban J connectivity index is 0.000000322. The van der Waals surface area contributed by atoms with Gasteiger partial charge in [0.25, 0.3) is 0 Å². The van der Waals surface area contributed by atoms with E-state index in [1.165, 1.54) is 35.2 Å². The van der Waals surface area contributed by atoms with E-state index < -0.39 is 0 Å². The molecule has 3 heteroatoms. The zero-order valence-corrected chi connectivity index (χ0v) is 15.6. The van der Waals surface area contributed by atoms with E-state index >= 15 is 0 Å². The van der Waals surface area contributed by atoms with Crippen molar-refractivity contribution in [2.24, 2.45) is 0 Å². The van der Waals surface area contributed by atoms with E-state index in [9.17, 15) is 4.79 Å². The molecule has 128 valence electrons. The number of amides is 1. The average Bonchev–Trinajstić information content (AvgIpc) is 2.53. The van der Waals surface area contributed by atoms with E-state index in [0.717, 1.165) is 13.0 Å². The third kappa shape index (κ3) is 6.19. The number of hydrogen-bond acceptors (Lipinski definition) is 2. The number of benzene rings is 1. The molecule has 1 heterocycles. The highest BCUT2D eigenvalue weighted by molar-refractivity contribution is 5.75. The van der Waals surface area contributed by atoms with Crippen LogP contribution in [-0.2, 0) is 4.79 Å². The fraction of sp³-hybridized carbons (Fsp3) is 0.550. The lowest BCUT2D eigenvalue weighted by molar-refractivity contribution is -0.120. The lowest BCUT2D eigenvalue weighted by Crippen LogP contribution is -2.27. The van der Waals surface area contributed by atoms with Gasteiger partial charge in [-0.25, -0.2) is 0 Å². The molecule has 23 heavy (non-hydrogen) atoms. The Bertz CT molecular complexity index is 561.